The Hall–Kier alpha value is -0.411. The first kappa shape index (κ1) is 14.0. The number of ether oxygens (including phenoxy) is 1. The van der Waals surface area contributed by atoms with Crippen LogP contribution >= 0.6 is 11.8 Å². The van der Waals surface area contributed by atoms with Crippen molar-refractivity contribution in [2.75, 3.05) is 7.11 Å². The van der Waals surface area contributed by atoms with Crippen molar-refractivity contribution in [3.8, 4) is 0 Å². The van der Waals surface area contributed by atoms with E-state index >= 15 is 0 Å². The van der Waals surface area contributed by atoms with E-state index in [-0.39, 0.29) is 5.44 Å². The van der Waals surface area contributed by atoms with E-state index in [1.807, 2.05) is 17.8 Å². The summed E-state index contributed by atoms with van der Waals surface area (Å²) in [6.45, 7) is 0. The third-order valence-electron chi connectivity index (χ3n) is 2.78. The van der Waals surface area contributed by atoms with Gasteiger partial charge in [-0.15, -0.1) is 0 Å². The van der Waals surface area contributed by atoms with Crippen LogP contribution in [0.15, 0.2) is 42.2 Å². The normalized spacial score (nSPS) is 23.7. The third-order valence-corrected chi connectivity index (χ3v) is 6.35. The Morgan fingerprint density at radius 1 is 1.39 bits per heavy atom. The third kappa shape index (κ3) is 4.36. The minimum atomic E-state index is 0.0213. The molecule has 1 aromatic carbocycles. The van der Waals surface area contributed by atoms with Crippen molar-refractivity contribution in [2.45, 2.75) is 28.8 Å². The summed E-state index contributed by atoms with van der Waals surface area (Å²) in [6, 6.07) is 10.7. The molecule has 4 heteroatoms. The van der Waals surface area contributed by atoms with E-state index in [0.717, 1.165) is 12.8 Å². The molecule has 2 unspecified atom stereocenters. The van der Waals surface area contributed by atoms with E-state index in [2.05, 4.69) is 30.3 Å². The van der Waals surface area contributed by atoms with E-state index < -0.39 is 0 Å². The van der Waals surface area contributed by atoms with Crippen LogP contribution in [0.25, 0.3) is 0 Å². The molecule has 18 heavy (non-hydrogen) atoms. The number of aliphatic hydroxyl groups is 1. The molecule has 0 amide bonds. The molecule has 0 aromatic heterocycles. The Labute approximate surface area is 119 Å². The Morgan fingerprint density at radius 3 is 2.89 bits per heavy atom. The zero-order chi connectivity index (χ0) is 12.8. The molecule has 1 aliphatic heterocycles. The summed E-state index contributed by atoms with van der Waals surface area (Å²) in [5, 5.41) is 11.4. The molecule has 1 aromatic rings. The van der Waals surface area contributed by atoms with Gasteiger partial charge in [0.15, 0.2) is 0 Å². The number of thioether (sulfide) groups is 1. The molecular weight excluding hydrogens is 311 g/mol. The standard InChI is InChI=1S/C14H18O2SSe/c1-16-14-10-11(15)9-12(17-14)7-8-18-13-5-3-2-4-6-13/h2-6,10,12,14-15H,7-9H2,1H3. The van der Waals surface area contributed by atoms with Crippen molar-refractivity contribution in [1.29, 1.82) is 0 Å². The molecule has 1 N–H and O–H groups in total. The maximum atomic E-state index is 9.67. The molecule has 0 radical (unpaired) electrons. The fourth-order valence-electron chi connectivity index (χ4n) is 1.85. The SMILES string of the molecule is COC1C=C(O)CC(CC[Se]c2ccccc2)S1. The number of hydrogen-bond acceptors (Lipinski definition) is 3. The fourth-order valence-corrected chi connectivity index (χ4v) is 5.51. The first-order chi connectivity index (χ1) is 8.78. The topological polar surface area (TPSA) is 29.5 Å². The van der Waals surface area contributed by atoms with Crippen molar-refractivity contribution in [3.05, 3.63) is 42.2 Å². The van der Waals surface area contributed by atoms with Crippen molar-refractivity contribution in [1.82, 2.24) is 0 Å². The van der Waals surface area contributed by atoms with Gasteiger partial charge in [0.25, 0.3) is 0 Å². The molecule has 2 atom stereocenters. The molecule has 0 saturated heterocycles. The summed E-state index contributed by atoms with van der Waals surface area (Å²) in [5.74, 6) is 0.484. The summed E-state index contributed by atoms with van der Waals surface area (Å²) in [4.78, 5) is 0. The second kappa shape index (κ2) is 7.25. The number of benzene rings is 1. The summed E-state index contributed by atoms with van der Waals surface area (Å²) >= 11 is 2.36. The number of hydrogen-bond donors (Lipinski definition) is 1. The molecule has 0 fully saturated rings. The summed E-state index contributed by atoms with van der Waals surface area (Å²) < 4.78 is 6.74. The summed E-state index contributed by atoms with van der Waals surface area (Å²) in [5.41, 5.74) is 0.0213. The van der Waals surface area contributed by atoms with Crippen LogP contribution < -0.4 is 4.46 Å². The monoisotopic (exact) mass is 330 g/mol. The van der Waals surface area contributed by atoms with Gasteiger partial charge in [0, 0.05) is 0 Å². The molecule has 98 valence electrons. The number of methoxy groups -OCH3 is 1. The van der Waals surface area contributed by atoms with Gasteiger partial charge in [-0.3, -0.25) is 0 Å². The van der Waals surface area contributed by atoms with E-state index in [1.165, 1.54) is 9.78 Å². The Balaban J connectivity index is 1.76. The van der Waals surface area contributed by atoms with Crippen LogP contribution in [0.2, 0.25) is 5.32 Å². The van der Waals surface area contributed by atoms with E-state index in [1.54, 1.807) is 7.11 Å². The zero-order valence-electron chi connectivity index (χ0n) is 10.4. The number of allylic oxidation sites excluding steroid dienone is 1. The molecular formula is C14H18O2SSe. The number of aliphatic hydroxyl groups excluding tert-OH is 1. The van der Waals surface area contributed by atoms with Crippen molar-refractivity contribution >= 4 is 31.2 Å². The van der Waals surface area contributed by atoms with Crippen molar-refractivity contribution in [3.63, 3.8) is 0 Å². The molecule has 0 bridgehead atoms. The molecule has 1 aliphatic rings. The molecule has 2 rings (SSSR count). The molecule has 1 heterocycles. The van der Waals surface area contributed by atoms with Gasteiger partial charge in [-0.2, -0.15) is 0 Å². The van der Waals surface area contributed by atoms with Crippen LogP contribution in [0.4, 0.5) is 0 Å². The van der Waals surface area contributed by atoms with E-state index in [9.17, 15) is 5.11 Å². The van der Waals surface area contributed by atoms with Crippen molar-refractivity contribution < 1.29 is 9.84 Å². The Bertz CT molecular complexity index is 394. The van der Waals surface area contributed by atoms with Crippen LogP contribution in [0.5, 0.6) is 0 Å². The summed E-state index contributed by atoms with van der Waals surface area (Å²) in [6.07, 6.45) is 3.75. The molecule has 2 nitrogen and oxygen atoms in total. The van der Waals surface area contributed by atoms with Gasteiger partial charge in [-0.25, -0.2) is 0 Å². The second-order valence-electron chi connectivity index (χ2n) is 4.17. The minimum absolute atomic E-state index is 0.0213. The van der Waals surface area contributed by atoms with Crippen molar-refractivity contribution in [2.24, 2.45) is 0 Å². The van der Waals surface area contributed by atoms with Crippen LogP contribution in [0.1, 0.15) is 12.8 Å². The first-order valence-electron chi connectivity index (χ1n) is 6.03. The summed E-state index contributed by atoms with van der Waals surface area (Å²) in [7, 11) is 1.69. The van der Waals surface area contributed by atoms with Gasteiger partial charge >= 0.3 is 119 Å². The Kier molecular flexibility index (Phi) is 5.64. The predicted molar refractivity (Wildman–Crippen MR) is 78.8 cm³/mol. The first-order valence-corrected chi connectivity index (χ1v) is 9.05. The fraction of sp³-hybridized carbons (Fsp3) is 0.429. The number of rotatable bonds is 5. The van der Waals surface area contributed by atoms with Crippen LogP contribution in [-0.4, -0.2) is 37.9 Å². The predicted octanol–water partition coefficient (Wildman–Crippen LogP) is 2.74. The average molecular weight is 329 g/mol. The zero-order valence-corrected chi connectivity index (χ0v) is 12.9. The van der Waals surface area contributed by atoms with Gasteiger partial charge in [-0.1, -0.05) is 0 Å². The van der Waals surface area contributed by atoms with Crippen LogP contribution in [0.3, 0.4) is 0 Å². The average Bonchev–Trinajstić information content (AvgIpc) is 2.39. The Morgan fingerprint density at radius 2 is 2.17 bits per heavy atom. The quantitative estimate of drug-likeness (QED) is 0.843. The molecule has 0 spiro atoms. The van der Waals surface area contributed by atoms with E-state index in [0.29, 0.717) is 26.0 Å². The van der Waals surface area contributed by atoms with Gasteiger partial charge in [0.2, 0.25) is 0 Å². The van der Waals surface area contributed by atoms with Crippen LogP contribution in [0, 0.1) is 0 Å². The van der Waals surface area contributed by atoms with Crippen LogP contribution in [-0.2, 0) is 4.74 Å². The second-order valence-corrected chi connectivity index (χ2v) is 8.03. The van der Waals surface area contributed by atoms with Gasteiger partial charge in [0.05, 0.1) is 0 Å². The molecule has 0 aliphatic carbocycles. The van der Waals surface area contributed by atoms with Gasteiger partial charge < -0.3 is 0 Å². The van der Waals surface area contributed by atoms with Gasteiger partial charge in [0.1, 0.15) is 0 Å². The molecule has 0 saturated carbocycles. The maximum absolute atomic E-state index is 9.67. The van der Waals surface area contributed by atoms with Gasteiger partial charge in [-0.05, 0) is 0 Å². The van der Waals surface area contributed by atoms with E-state index in [4.69, 9.17) is 4.74 Å².